The Morgan fingerprint density at radius 2 is 1.62 bits per heavy atom. The number of carbonyl (C=O) groups is 2. The molecule has 4 rings (SSSR count). The predicted octanol–water partition coefficient (Wildman–Crippen LogP) is 5.17. The average molecular weight is 562 g/mol. The molecule has 0 saturated carbocycles. The van der Waals surface area contributed by atoms with Crippen molar-refractivity contribution in [2.75, 3.05) is 42.3 Å². The van der Waals surface area contributed by atoms with E-state index >= 15 is 0 Å². The Morgan fingerprint density at radius 3 is 2.23 bits per heavy atom. The van der Waals surface area contributed by atoms with Gasteiger partial charge in [-0.3, -0.25) is 9.59 Å². The normalized spacial score (nSPS) is 14.9. The van der Waals surface area contributed by atoms with Gasteiger partial charge in [-0.25, -0.2) is 9.97 Å². The maximum atomic E-state index is 13.8. The molecule has 2 heterocycles. The molecule has 1 aliphatic rings. The number of rotatable bonds is 10. The fourth-order valence-electron chi connectivity index (χ4n) is 4.69. The number of carbonyl (C=O) groups excluding carboxylic acids is 2. The molecule has 8 nitrogen and oxygen atoms in total. The van der Waals surface area contributed by atoms with Crippen LogP contribution in [0.2, 0.25) is 0 Å². The summed E-state index contributed by atoms with van der Waals surface area (Å²) in [6, 6.07) is 17.8. The SMILES string of the molecule is CCC(C)(C(=O)Nc1ccc(N2CCOCC2)cc1)N(Cc1ccc(C)cc1)C(=O)CSc1nc(C)cc(C)n1. The Morgan fingerprint density at radius 1 is 1.00 bits per heavy atom. The molecule has 2 aromatic carbocycles. The number of anilines is 2. The summed E-state index contributed by atoms with van der Waals surface area (Å²) in [4.78, 5) is 40.5. The van der Waals surface area contributed by atoms with E-state index in [4.69, 9.17) is 4.74 Å². The second-order valence-corrected chi connectivity index (χ2v) is 11.4. The lowest BCUT2D eigenvalue weighted by Gasteiger charge is -2.39. The van der Waals surface area contributed by atoms with Crippen molar-refractivity contribution in [1.29, 1.82) is 0 Å². The van der Waals surface area contributed by atoms with Gasteiger partial charge in [-0.2, -0.15) is 0 Å². The topological polar surface area (TPSA) is 87.7 Å². The van der Waals surface area contributed by atoms with Gasteiger partial charge in [0, 0.05) is 42.4 Å². The molecule has 0 radical (unpaired) electrons. The number of ether oxygens (including phenoxy) is 1. The zero-order chi connectivity index (χ0) is 28.7. The first-order chi connectivity index (χ1) is 19.2. The van der Waals surface area contributed by atoms with Gasteiger partial charge in [0.1, 0.15) is 5.54 Å². The van der Waals surface area contributed by atoms with Crippen LogP contribution in [0.4, 0.5) is 11.4 Å². The molecule has 2 amide bonds. The first kappa shape index (κ1) is 29.6. The van der Waals surface area contributed by atoms with E-state index in [2.05, 4.69) is 20.2 Å². The van der Waals surface area contributed by atoms with Crippen molar-refractivity contribution < 1.29 is 14.3 Å². The van der Waals surface area contributed by atoms with Crippen molar-refractivity contribution in [2.24, 2.45) is 0 Å². The van der Waals surface area contributed by atoms with Gasteiger partial charge in [-0.05, 0) is 70.0 Å². The molecule has 1 aliphatic heterocycles. The molecule has 0 spiro atoms. The van der Waals surface area contributed by atoms with E-state index in [1.54, 1.807) is 4.90 Å². The monoisotopic (exact) mass is 561 g/mol. The number of morpholine rings is 1. The molecule has 0 bridgehead atoms. The summed E-state index contributed by atoms with van der Waals surface area (Å²) in [6.07, 6.45) is 0.451. The van der Waals surface area contributed by atoms with Crippen LogP contribution in [-0.2, 0) is 20.9 Å². The molecule has 0 aliphatic carbocycles. The molecule has 1 atom stereocenters. The minimum absolute atomic E-state index is 0.131. The predicted molar refractivity (Wildman–Crippen MR) is 161 cm³/mol. The number of hydrogen-bond acceptors (Lipinski definition) is 7. The van der Waals surface area contributed by atoms with Crippen LogP contribution in [0.15, 0.2) is 59.8 Å². The molecule has 9 heteroatoms. The van der Waals surface area contributed by atoms with Gasteiger partial charge < -0.3 is 19.9 Å². The minimum atomic E-state index is -1.07. The van der Waals surface area contributed by atoms with Crippen molar-refractivity contribution in [2.45, 2.75) is 58.3 Å². The maximum absolute atomic E-state index is 13.8. The Kier molecular flexibility index (Phi) is 9.81. The van der Waals surface area contributed by atoms with Crippen LogP contribution in [0, 0.1) is 20.8 Å². The largest absolute Gasteiger partial charge is 0.378 e. The first-order valence-electron chi connectivity index (χ1n) is 13.7. The van der Waals surface area contributed by atoms with Crippen LogP contribution in [0.5, 0.6) is 0 Å². The Bertz CT molecular complexity index is 1290. The summed E-state index contributed by atoms with van der Waals surface area (Å²) < 4.78 is 5.45. The molecular weight excluding hydrogens is 522 g/mol. The summed E-state index contributed by atoms with van der Waals surface area (Å²) in [7, 11) is 0. The summed E-state index contributed by atoms with van der Waals surface area (Å²) in [5, 5.41) is 3.63. The molecule has 1 N–H and O–H groups in total. The van der Waals surface area contributed by atoms with Crippen molar-refractivity contribution in [1.82, 2.24) is 14.9 Å². The van der Waals surface area contributed by atoms with Crippen LogP contribution >= 0.6 is 11.8 Å². The Balaban J connectivity index is 1.54. The van der Waals surface area contributed by atoms with Crippen molar-refractivity contribution in [3.63, 3.8) is 0 Å². The summed E-state index contributed by atoms with van der Waals surface area (Å²) in [6.45, 7) is 13.1. The zero-order valence-corrected chi connectivity index (χ0v) is 24.9. The number of thioether (sulfide) groups is 1. The standard InChI is InChI=1S/C31H39N5O3S/c1-6-31(5,29(38)34-26-11-13-27(14-12-26)35-15-17-39-18-16-35)36(20-25-9-7-22(2)8-10-25)28(37)21-40-30-32-23(3)19-24(4)33-30/h7-14,19H,6,15-18,20-21H2,1-5H3,(H,34,38). The number of aryl methyl sites for hydroxylation is 3. The third-order valence-electron chi connectivity index (χ3n) is 7.32. The lowest BCUT2D eigenvalue weighted by Crippen LogP contribution is -2.57. The van der Waals surface area contributed by atoms with Gasteiger partial charge in [0.25, 0.3) is 0 Å². The minimum Gasteiger partial charge on any atom is -0.378 e. The fourth-order valence-corrected chi connectivity index (χ4v) is 5.52. The summed E-state index contributed by atoms with van der Waals surface area (Å²) in [5.74, 6) is -0.232. The third-order valence-corrected chi connectivity index (χ3v) is 8.16. The van der Waals surface area contributed by atoms with Gasteiger partial charge in [-0.1, -0.05) is 48.5 Å². The van der Waals surface area contributed by atoms with E-state index in [-0.39, 0.29) is 17.6 Å². The number of aromatic nitrogens is 2. The highest BCUT2D eigenvalue weighted by atomic mass is 32.2. The number of nitrogens with one attached hydrogen (secondary N) is 1. The zero-order valence-electron chi connectivity index (χ0n) is 24.1. The van der Waals surface area contributed by atoms with Crippen LogP contribution in [0.3, 0.4) is 0 Å². The van der Waals surface area contributed by atoms with Crippen LogP contribution < -0.4 is 10.2 Å². The number of hydrogen-bond donors (Lipinski definition) is 1. The number of benzene rings is 2. The van der Waals surface area contributed by atoms with Crippen LogP contribution in [0.1, 0.15) is 42.8 Å². The first-order valence-corrected chi connectivity index (χ1v) is 14.7. The van der Waals surface area contributed by atoms with Crippen LogP contribution in [-0.4, -0.2) is 64.3 Å². The quantitative estimate of drug-likeness (QED) is 0.270. The summed E-state index contributed by atoms with van der Waals surface area (Å²) >= 11 is 1.30. The fraction of sp³-hybridized carbons (Fsp3) is 0.419. The van der Waals surface area contributed by atoms with E-state index in [1.807, 2.05) is 89.2 Å². The molecule has 3 aromatic rings. The van der Waals surface area contributed by atoms with Crippen molar-refractivity contribution >= 4 is 35.0 Å². The van der Waals surface area contributed by atoms with Gasteiger partial charge in [-0.15, -0.1) is 0 Å². The average Bonchev–Trinajstić information content (AvgIpc) is 2.95. The van der Waals surface area contributed by atoms with E-state index in [0.717, 1.165) is 41.3 Å². The Hall–Kier alpha value is -3.43. The molecule has 1 unspecified atom stereocenters. The van der Waals surface area contributed by atoms with Gasteiger partial charge in [0.2, 0.25) is 11.8 Å². The number of nitrogens with zero attached hydrogens (tertiary/aromatic N) is 4. The molecule has 1 saturated heterocycles. The van der Waals surface area contributed by atoms with Gasteiger partial charge >= 0.3 is 0 Å². The molecule has 40 heavy (non-hydrogen) atoms. The maximum Gasteiger partial charge on any atom is 0.250 e. The van der Waals surface area contributed by atoms with E-state index < -0.39 is 5.54 Å². The highest BCUT2D eigenvalue weighted by Crippen LogP contribution is 2.28. The smallest absolute Gasteiger partial charge is 0.250 e. The Labute approximate surface area is 241 Å². The second kappa shape index (κ2) is 13.3. The number of amides is 2. The van der Waals surface area contributed by atoms with Gasteiger partial charge in [0.05, 0.1) is 19.0 Å². The molecular formula is C31H39N5O3S. The second-order valence-electron chi connectivity index (χ2n) is 10.4. The molecule has 212 valence electrons. The molecule has 1 aromatic heterocycles. The van der Waals surface area contributed by atoms with E-state index in [9.17, 15) is 9.59 Å². The van der Waals surface area contributed by atoms with Crippen molar-refractivity contribution in [3.05, 3.63) is 77.1 Å². The van der Waals surface area contributed by atoms with E-state index in [1.165, 1.54) is 11.8 Å². The summed E-state index contributed by atoms with van der Waals surface area (Å²) in [5.41, 5.74) is 4.54. The van der Waals surface area contributed by atoms with Crippen LogP contribution in [0.25, 0.3) is 0 Å². The lowest BCUT2D eigenvalue weighted by molar-refractivity contribution is -0.143. The highest BCUT2D eigenvalue weighted by molar-refractivity contribution is 7.99. The lowest BCUT2D eigenvalue weighted by atomic mass is 9.93. The third kappa shape index (κ3) is 7.40. The molecule has 1 fully saturated rings. The van der Waals surface area contributed by atoms with E-state index in [0.29, 0.717) is 37.0 Å². The van der Waals surface area contributed by atoms with Crippen molar-refractivity contribution in [3.8, 4) is 0 Å². The van der Waals surface area contributed by atoms with Gasteiger partial charge in [0.15, 0.2) is 5.16 Å². The highest BCUT2D eigenvalue weighted by Gasteiger charge is 2.40.